The zero-order chi connectivity index (χ0) is 14.1. The second-order valence-corrected chi connectivity index (χ2v) is 4.44. The Morgan fingerprint density at radius 1 is 1.30 bits per heavy atom. The highest BCUT2D eigenvalue weighted by Crippen LogP contribution is 2.29. The van der Waals surface area contributed by atoms with E-state index >= 15 is 0 Å². The molecule has 3 aromatic rings. The Hall–Kier alpha value is -2.62. The van der Waals surface area contributed by atoms with E-state index in [-0.39, 0.29) is 0 Å². The average molecular weight is 269 g/mol. The van der Waals surface area contributed by atoms with E-state index in [1.165, 1.54) is 12.1 Å². The molecule has 1 heterocycles. The van der Waals surface area contributed by atoms with Gasteiger partial charge in [0, 0.05) is 11.1 Å². The number of benzene rings is 2. The SMILES string of the molecule is C=CCc1cccc2nc(-c3ccc(O)c(F)c3)oc12. The number of para-hydroxylation sites is 1. The highest BCUT2D eigenvalue weighted by molar-refractivity contribution is 5.79. The molecule has 4 heteroatoms. The van der Waals surface area contributed by atoms with Gasteiger partial charge in [-0.05, 0) is 30.7 Å². The number of fused-ring (bicyclic) bond motifs is 1. The molecule has 1 N–H and O–H groups in total. The van der Waals surface area contributed by atoms with Crippen LogP contribution in [0.15, 0.2) is 53.5 Å². The first kappa shape index (κ1) is 12.4. The van der Waals surface area contributed by atoms with Crippen LogP contribution in [-0.4, -0.2) is 10.1 Å². The number of nitrogens with zero attached hydrogens (tertiary/aromatic N) is 1. The minimum atomic E-state index is -0.698. The quantitative estimate of drug-likeness (QED) is 0.729. The van der Waals surface area contributed by atoms with Gasteiger partial charge in [0.1, 0.15) is 5.52 Å². The third kappa shape index (κ3) is 2.05. The Balaban J connectivity index is 2.15. The molecule has 2 aromatic carbocycles. The van der Waals surface area contributed by atoms with Crippen LogP contribution >= 0.6 is 0 Å². The summed E-state index contributed by atoms with van der Waals surface area (Å²) < 4.78 is 19.1. The second-order valence-electron chi connectivity index (χ2n) is 4.44. The fourth-order valence-corrected chi connectivity index (χ4v) is 2.09. The molecular formula is C16H12FNO2. The first-order chi connectivity index (χ1) is 9.69. The number of phenols is 1. The van der Waals surface area contributed by atoms with Crippen molar-refractivity contribution in [3.8, 4) is 17.2 Å². The summed E-state index contributed by atoms with van der Waals surface area (Å²) in [5.41, 5.74) is 2.86. The lowest BCUT2D eigenvalue weighted by atomic mass is 10.1. The summed E-state index contributed by atoms with van der Waals surface area (Å²) in [7, 11) is 0. The molecule has 0 saturated heterocycles. The molecule has 0 aliphatic heterocycles. The molecular weight excluding hydrogens is 257 g/mol. The van der Waals surface area contributed by atoms with Gasteiger partial charge in [0.2, 0.25) is 5.89 Å². The normalized spacial score (nSPS) is 10.8. The van der Waals surface area contributed by atoms with Crippen molar-refractivity contribution in [3.05, 3.63) is 60.4 Å². The van der Waals surface area contributed by atoms with E-state index in [1.54, 1.807) is 12.1 Å². The molecule has 0 spiro atoms. The number of rotatable bonds is 3. The van der Waals surface area contributed by atoms with Crippen molar-refractivity contribution < 1.29 is 13.9 Å². The number of aromatic hydroxyl groups is 1. The van der Waals surface area contributed by atoms with Crippen LogP contribution in [0.1, 0.15) is 5.56 Å². The topological polar surface area (TPSA) is 46.3 Å². The molecule has 3 nitrogen and oxygen atoms in total. The van der Waals surface area contributed by atoms with Crippen molar-refractivity contribution in [1.29, 1.82) is 0 Å². The van der Waals surface area contributed by atoms with Gasteiger partial charge in [-0.3, -0.25) is 0 Å². The van der Waals surface area contributed by atoms with E-state index < -0.39 is 11.6 Å². The van der Waals surface area contributed by atoms with Crippen LogP contribution in [0.2, 0.25) is 0 Å². The van der Waals surface area contributed by atoms with Crippen LogP contribution in [0.4, 0.5) is 4.39 Å². The standard InChI is InChI=1S/C16H12FNO2/c1-2-4-10-5-3-6-13-15(10)20-16(18-13)11-7-8-14(19)12(17)9-11/h2-3,5-9,19H,1,4H2. The molecule has 3 rings (SSSR count). The van der Waals surface area contributed by atoms with Gasteiger partial charge in [-0.25, -0.2) is 9.37 Å². The Morgan fingerprint density at radius 2 is 2.15 bits per heavy atom. The third-order valence-corrected chi connectivity index (χ3v) is 3.06. The predicted molar refractivity (Wildman–Crippen MR) is 75.0 cm³/mol. The lowest BCUT2D eigenvalue weighted by molar-refractivity contribution is 0.432. The number of hydrogen-bond acceptors (Lipinski definition) is 3. The molecule has 0 fully saturated rings. The lowest BCUT2D eigenvalue weighted by Gasteiger charge is -1.98. The highest BCUT2D eigenvalue weighted by atomic mass is 19.1. The van der Waals surface area contributed by atoms with Crippen LogP contribution in [0, 0.1) is 5.82 Å². The van der Waals surface area contributed by atoms with Gasteiger partial charge in [0.25, 0.3) is 0 Å². The van der Waals surface area contributed by atoms with Crippen LogP contribution in [0.3, 0.4) is 0 Å². The van der Waals surface area contributed by atoms with E-state index in [0.717, 1.165) is 5.56 Å². The molecule has 0 atom stereocenters. The number of oxazole rings is 1. The minimum absolute atomic E-state index is 0.329. The van der Waals surface area contributed by atoms with Gasteiger partial charge in [0.15, 0.2) is 17.1 Å². The van der Waals surface area contributed by atoms with E-state index in [0.29, 0.717) is 29.0 Å². The summed E-state index contributed by atoms with van der Waals surface area (Å²) in [4.78, 5) is 4.35. The Kier molecular flexibility index (Phi) is 2.99. The molecule has 100 valence electrons. The number of halogens is 1. The fourth-order valence-electron chi connectivity index (χ4n) is 2.09. The Labute approximate surface area is 115 Å². The zero-order valence-corrected chi connectivity index (χ0v) is 10.6. The van der Waals surface area contributed by atoms with Crippen LogP contribution in [0.25, 0.3) is 22.6 Å². The summed E-state index contributed by atoms with van der Waals surface area (Å²) >= 11 is 0. The van der Waals surface area contributed by atoms with Gasteiger partial charge in [0.05, 0.1) is 0 Å². The summed E-state index contributed by atoms with van der Waals surface area (Å²) in [6.45, 7) is 3.71. The first-order valence-electron chi connectivity index (χ1n) is 6.17. The van der Waals surface area contributed by atoms with Gasteiger partial charge in [-0.1, -0.05) is 18.2 Å². The monoisotopic (exact) mass is 269 g/mol. The Morgan fingerprint density at radius 3 is 2.90 bits per heavy atom. The number of phenolic OH excluding ortho intramolecular Hbond substituents is 1. The van der Waals surface area contributed by atoms with Gasteiger partial charge < -0.3 is 9.52 Å². The van der Waals surface area contributed by atoms with Gasteiger partial charge >= 0.3 is 0 Å². The van der Waals surface area contributed by atoms with E-state index in [9.17, 15) is 9.50 Å². The number of aromatic nitrogens is 1. The van der Waals surface area contributed by atoms with E-state index in [2.05, 4.69) is 11.6 Å². The number of hydrogen-bond donors (Lipinski definition) is 1. The maximum Gasteiger partial charge on any atom is 0.227 e. The van der Waals surface area contributed by atoms with Crippen molar-refractivity contribution >= 4 is 11.1 Å². The zero-order valence-electron chi connectivity index (χ0n) is 10.6. The van der Waals surface area contributed by atoms with Crippen LogP contribution < -0.4 is 0 Å². The van der Waals surface area contributed by atoms with Crippen molar-refractivity contribution in [2.24, 2.45) is 0 Å². The summed E-state index contributed by atoms with van der Waals surface area (Å²) in [6, 6.07) is 9.72. The molecule has 0 aliphatic rings. The maximum atomic E-state index is 13.4. The smallest absolute Gasteiger partial charge is 0.227 e. The van der Waals surface area contributed by atoms with Crippen molar-refractivity contribution in [2.75, 3.05) is 0 Å². The summed E-state index contributed by atoms with van der Waals surface area (Å²) in [6.07, 6.45) is 2.47. The molecule has 0 aliphatic carbocycles. The molecule has 0 saturated carbocycles. The van der Waals surface area contributed by atoms with E-state index in [4.69, 9.17) is 4.42 Å². The van der Waals surface area contributed by atoms with E-state index in [1.807, 2.05) is 18.2 Å². The number of allylic oxidation sites excluding steroid dienone is 1. The molecule has 0 unspecified atom stereocenters. The fraction of sp³-hybridized carbons (Fsp3) is 0.0625. The molecule has 0 bridgehead atoms. The molecule has 1 aromatic heterocycles. The van der Waals surface area contributed by atoms with Gasteiger partial charge in [-0.2, -0.15) is 0 Å². The summed E-state index contributed by atoms with van der Waals surface area (Å²) in [5.74, 6) is -0.760. The molecule has 0 radical (unpaired) electrons. The van der Waals surface area contributed by atoms with Gasteiger partial charge in [-0.15, -0.1) is 6.58 Å². The first-order valence-corrected chi connectivity index (χ1v) is 6.17. The summed E-state index contributed by atoms with van der Waals surface area (Å²) in [5, 5.41) is 9.21. The van der Waals surface area contributed by atoms with Crippen LogP contribution in [0.5, 0.6) is 5.75 Å². The second kappa shape index (κ2) is 4.81. The van der Waals surface area contributed by atoms with Crippen molar-refractivity contribution in [3.63, 3.8) is 0 Å². The van der Waals surface area contributed by atoms with Crippen LogP contribution in [-0.2, 0) is 6.42 Å². The van der Waals surface area contributed by atoms with Crippen molar-refractivity contribution in [2.45, 2.75) is 6.42 Å². The highest BCUT2D eigenvalue weighted by Gasteiger charge is 2.12. The minimum Gasteiger partial charge on any atom is -0.505 e. The lowest BCUT2D eigenvalue weighted by Crippen LogP contribution is -1.80. The Bertz CT molecular complexity index is 792. The largest absolute Gasteiger partial charge is 0.505 e. The average Bonchev–Trinajstić information content (AvgIpc) is 2.87. The maximum absolute atomic E-state index is 13.4. The molecule has 0 amide bonds. The third-order valence-electron chi connectivity index (χ3n) is 3.06. The predicted octanol–water partition coefficient (Wildman–Crippen LogP) is 4.07. The van der Waals surface area contributed by atoms with Crippen molar-refractivity contribution in [1.82, 2.24) is 4.98 Å². The molecule has 20 heavy (non-hydrogen) atoms.